The monoisotopic (exact) mass is 456 g/mol. The normalized spacial score (nSPS) is 10.5. The van der Waals surface area contributed by atoms with Crippen molar-refractivity contribution in [2.24, 2.45) is 0 Å². The van der Waals surface area contributed by atoms with E-state index >= 15 is 0 Å². The third-order valence-corrected chi connectivity index (χ3v) is 5.89. The Bertz CT molecular complexity index is 1100. The van der Waals surface area contributed by atoms with Crippen molar-refractivity contribution < 1.29 is 14.5 Å². The number of hydrogen-bond donors (Lipinski definition) is 1. The van der Waals surface area contributed by atoms with Crippen LogP contribution in [0, 0.1) is 17.0 Å². The van der Waals surface area contributed by atoms with Crippen molar-refractivity contribution in [3.05, 3.63) is 92.5 Å². The second-order valence-corrected chi connectivity index (χ2v) is 8.14. The van der Waals surface area contributed by atoms with Crippen LogP contribution >= 0.6 is 23.4 Å². The van der Waals surface area contributed by atoms with Crippen molar-refractivity contribution in [2.75, 3.05) is 11.9 Å². The molecule has 0 aromatic heterocycles. The third-order valence-electron chi connectivity index (χ3n) is 4.58. The zero-order chi connectivity index (χ0) is 22.4. The van der Waals surface area contributed by atoms with E-state index in [1.54, 1.807) is 49.0 Å². The molecule has 1 amide bonds. The second-order valence-electron chi connectivity index (χ2n) is 6.66. The summed E-state index contributed by atoms with van der Waals surface area (Å²) in [6.07, 6.45) is 0. The van der Waals surface area contributed by atoms with Gasteiger partial charge in [-0.05, 0) is 62.4 Å². The van der Waals surface area contributed by atoms with E-state index in [2.05, 4.69) is 5.32 Å². The van der Waals surface area contributed by atoms with E-state index in [9.17, 15) is 14.9 Å². The number of carbonyl (C=O) groups excluding carboxylic acids is 1. The van der Waals surface area contributed by atoms with Crippen LogP contribution in [0.5, 0.6) is 5.75 Å². The van der Waals surface area contributed by atoms with E-state index in [1.165, 1.54) is 6.07 Å². The minimum atomic E-state index is -0.464. The number of ether oxygens (including phenoxy) is 1. The van der Waals surface area contributed by atoms with Gasteiger partial charge in [-0.3, -0.25) is 14.9 Å². The fourth-order valence-electron chi connectivity index (χ4n) is 2.97. The zero-order valence-corrected chi connectivity index (χ0v) is 18.6. The fraction of sp³-hybridized carbons (Fsp3) is 0.174. The summed E-state index contributed by atoms with van der Waals surface area (Å²) in [5, 5.41) is 14.6. The van der Waals surface area contributed by atoms with Gasteiger partial charge in [0, 0.05) is 32.9 Å². The third kappa shape index (κ3) is 5.77. The highest BCUT2D eigenvalue weighted by Gasteiger charge is 2.17. The number of anilines is 1. The maximum Gasteiger partial charge on any atom is 0.274 e. The van der Waals surface area contributed by atoms with Gasteiger partial charge in [0.2, 0.25) is 0 Å². The molecule has 0 atom stereocenters. The van der Waals surface area contributed by atoms with E-state index in [4.69, 9.17) is 16.3 Å². The van der Waals surface area contributed by atoms with Gasteiger partial charge in [0.05, 0.1) is 22.8 Å². The predicted octanol–water partition coefficient (Wildman–Crippen LogP) is 6.50. The van der Waals surface area contributed by atoms with E-state index in [0.717, 1.165) is 10.5 Å². The Balaban J connectivity index is 1.82. The van der Waals surface area contributed by atoms with Crippen molar-refractivity contribution >= 4 is 40.6 Å². The molecule has 0 unspecified atom stereocenters. The number of nitro groups is 1. The number of amides is 1. The van der Waals surface area contributed by atoms with E-state index in [0.29, 0.717) is 39.9 Å². The second kappa shape index (κ2) is 10.3. The molecule has 3 rings (SSSR count). The lowest BCUT2D eigenvalue weighted by Crippen LogP contribution is -2.14. The standard InChI is InChI=1S/C23H21ClN2O4S/c1-3-30-22-12-7-16(13-17(22)14-31-19-10-8-18(24)9-11-19)23(27)25-20-5-4-6-21(15(20)2)26(28)29/h4-13H,3,14H2,1-2H3,(H,25,27). The van der Waals surface area contributed by atoms with Crippen LogP contribution in [-0.4, -0.2) is 17.4 Å². The molecule has 160 valence electrons. The lowest BCUT2D eigenvalue weighted by molar-refractivity contribution is -0.385. The predicted molar refractivity (Wildman–Crippen MR) is 124 cm³/mol. The van der Waals surface area contributed by atoms with Crippen LogP contribution in [-0.2, 0) is 5.75 Å². The number of halogens is 1. The highest BCUT2D eigenvalue weighted by atomic mass is 35.5. The number of nitrogens with zero attached hydrogens (tertiary/aromatic N) is 1. The van der Waals surface area contributed by atoms with Gasteiger partial charge >= 0.3 is 0 Å². The molecule has 8 heteroatoms. The van der Waals surface area contributed by atoms with Gasteiger partial charge in [0.1, 0.15) is 5.75 Å². The number of rotatable bonds is 8. The molecule has 0 aliphatic heterocycles. The Hall–Kier alpha value is -3.03. The molecule has 0 saturated heterocycles. The highest BCUT2D eigenvalue weighted by Crippen LogP contribution is 2.31. The molecule has 0 aliphatic carbocycles. The molecule has 3 aromatic rings. The molecule has 0 saturated carbocycles. The summed E-state index contributed by atoms with van der Waals surface area (Å²) in [6.45, 7) is 4.03. The first-order chi connectivity index (χ1) is 14.9. The first kappa shape index (κ1) is 22.7. The van der Waals surface area contributed by atoms with Crippen LogP contribution < -0.4 is 10.1 Å². The number of benzene rings is 3. The van der Waals surface area contributed by atoms with E-state index < -0.39 is 4.92 Å². The van der Waals surface area contributed by atoms with E-state index in [-0.39, 0.29) is 11.6 Å². The summed E-state index contributed by atoms with van der Waals surface area (Å²) >= 11 is 7.55. The van der Waals surface area contributed by atoms with Crippen molar-refractivity contribution in [2.45, 2.75) is 24.5 Å². The molecule has 0 heterocycles. The van der Waals surface area contributed by atoms with Crippen molar-refractivity contribution in [3.8, 4) is 5.75 Å². The van der Waals surface area contributed by atoms with Crippen molar-refractivity contribution in [1.82, 2.24) is 0 Å². The summed E-state index contributed by atoms with van der Waals surface area (Å²) in [5.74, 6) is 0.977. The molecule has 6 nitrogen and oxygen atoms in total. The quantitative estimate of drug-likeness (QED) is 0.237. The molecular formula is C23H21ClN2O4S. The number of nitro benzene ring substituents is 1. The molecular weight excluding hydrogens is 436 g/mol. The lowest BCUT2D eigenvalue weighted by Gasteiger charge is -2.13. The Morgan fingerprint density at radius 1 is 1.16 bits per heavy atom. The molecule has 0 spiro atoms. The average molecular weight is 457 g/mol. The molecule has 0 bridgehead atoms. The zero-order valence-electron chi connectivity index (χ0n) is 17.1. The van der Waals surface area contributed by atoms with Gasteiger partial charge < -0.3 is 10.1 Å². The lowest BCUT2D eigenvalue weighted by atomic mass is 10.1. The smallest absolute Gasteiger partial charge is 0.274 e. The minimum absolute atomic E-state index is 0.0375. The van der Waals surface area contributed by atoms with E-state index in [1.807, 2.05) is 31.2 Å². The number of thioether (sulfide) groups is 1. The minimum Gasteiger partial charge on any atom is -0.494 e. The van der Waals surface area contributed by atoms with Crippen LogP contribution in [0.15, 0.2) is 65.6 Å². The molecule has 0 aliphatic rings. The van der Waals surface area contributed by atoms with Crippen LogP contribution in [0.25, 0.3) is 0 Å². The Morgan fingerprint density at radius 2 is 1.90 bits per heavy atom. The van der Waals surface area contributed by atoms with Gasteiger partial charge in [-0.15, -0.1) is 11.8 Å². The SMILES string of the molecule is CCOc1ccc(C(=O)Nc2cccc([N+](=O)[O-])c2C)cc1CSc1ccc(Cl)cc1. The summed E-state index contributed by atoms with van der Waals surface area (Å²) in [6, 6.07) is 17.4. The van der Waals surface area contributed by atoms with Crippen LogP contribution in [0.2, 0.25) is 5.02 Å². The molecule has 1 N–H and O–H groups in total. The summed E-state index contributed by atoms with van der Waals surface area (Å²) < 4.78 is 5.72. The number of nitrogens with one attached hydrogen (secondary N) is 1. The van der Waals surface area contributed by atoms with Crippen LogP contribution in [0.3, 0.4) is 0 Å². The fourth-order valence-corrected chi connectivity index (χ4v) is 3.98. The Kier molecular flexibility index (Phi) is 7.55. The first-order valence-electron chi connectivity index (χ1n) is 9.58. The number of hydrogen-bond acceptors (Lipinski definition) is 5. The molecule has 3 aromatic carbocycles. The Morgan fingerprint density at radius 3 is 2.58 bits per heavy atom. The number of carbonyl (C=O) groups is 1. The van der Waals surface area contributed by atoms with Gasteiger partial charge in [0.25, 0.3) is 11.6 Å². The summed E-state index contributed by atoms with van der Waals surface area (Å²) in [7, 11) is 0. The largest absolute Gasteiger partial charge is 0.494 e. The first-order valence-corrected chi connectivity index (χ1v) is 10.9. The van der Waals surface area contributed by atoms with Gasteiger partial charge in [-0.1, -0.05) is 17.7 Å². The Labute approximate surface area is 189 Å². The van der Waals surface area contributed by atoms with Crippen LogP contribution in [0.1, 0.15) is 28.4 Å². The summed E-state index contributed by atoms with van der Waals surface area (Å²) in [4.78, 5) is 24.6. The highest BCUT2D eigenvalue weighted by molar-refractivity contribution is 7.98. The van der Waals surface area contributed by atoms with Gasteiger partial charge in [-0.25, -0.2) is 0 Å². The molecule has 31 heavy (non-hydrogen) atoms. The van der Waals surface area contributed by atoms with Gasteiger partial charge in [-0.2, -0.15) is 0 Å². The average Bonchev–Trinajstić information content (AvgIpc) is 2.75. The van der Waals surface area contributed by atoms with Crippen LogP contribution in [0.4, 0.5) is 11.4 Å². The molecule has 0 radical (unpaired) electrons. The van der Waals surface area contributed by atoms with Crippen molar-refractivity contribution in [1.29, 1.82) is 0 Å². The molecule has 0 fully saturated rings. The summed E-state index contributed by atoms with van der Waals surface area (Å²) in [5.41, 5.74) is 2.10. The van der Waals surface area contributed by atoms with Gasteiger partial charge in [0.15, 0.2) is 0 Å². The maximum absolute atomic E-state index is 12.8. The maximum atomic E-state index is 12.8. The topological polar surface area (TPSA) is 81.5 Å². The van der Waals surface area contributed by atoms with Crippen molar-refractivity contribution in [3.63, 3.8) is 0 Å².